The molecule has 1 aliphatic rings. The van der Waals surface area contributed by atoms with Crippen molar-refractivity contribution in [2.75, 3.05) is 38.4 Å². The lowest BCUT2D eigenvalue weighted by atomic mass is 9.92. The molecule has 1 fully saturated rings. The Balaban J connectivity index is 1.36. The van der Waals surface area contributed by atoms with Gasteiger partial charge in [-0.2, -0.15) is 0 Å². The number of rotatable bonds is 53. The van der Waals surface area contributed by atoms with Crippen LogP contribution in [0.1, 0.15) is 178 Å². The third-order valence-corrected chi connectivity index (χ3v) is 22.7. The Morgan fingerprint density at radius 3 is 1.77 bits per heavy atom. The van der Waals surface area contributed by atoms with Crippen LogP contribution in [0.4, 0.5) is 4.79 Å². The van der Waals surface area contributed by atoms with E-state index >= 15 is 4.79 Å². The van der Waals surface area contributed by atoms with Crippen molar-refractivity contribution in [2.24, 2.45) is 17.8 Å². The zero-order chi connectivity index (χ0) is 90.2. The molecule has 4 rings (SSSR count). The molecule has 2 heterocycles. The van der Waals surface area contributed by atoms with Gasteiger partial charge >= 0.3 is 53.8 Å². The molecule has 0 bridgehead atoms. The Hall–Kier alpha value is -11.0. The van der Waals surface area contributed by atoms with Crippen LogP contribution >= 0.6 is 45.1 Å². The van der Waals surface area contributed by atoms with Gasteiger partial charge in [-0.1, -0.05) is 118 Å². The first kappa shape index (κ1) is 102. The highest BCUT2D eigenvalue weighted by molar-refractivity contribution is 8.76. The van der Waals surface area contributed by atoms with Crippen molar-refractivity contribution in [2.45, 2.75) is 224 Å². The first-order chi connectivity index (χ1) is 57.2. The summed E-state index contributed by atoms with van der Waals surface area (Å²) in [7, 11) is 3.80. The standard InChI is InChI=1S/C77H109N13O27S4/c1-9-16-63(99)116-40-90(71(105)64(42(5)10-2)86-69(104)56-19-14-15-30-89(56)8)57(41(3)4)37-58(117-44(7)91)70-83-54(38-119-70)68(103)78-47(34-46-20-22-48(92)23-21-46)33-43(6)65(100)87-88-77(114)115-31-32-120-121-39-55(75(112)113)82-66(101)52(35-45-17-12-11-13-18-45)81-67(102)53(36-62(97)98)80-60(94)27-24-49(72(106)107)79-59(93)28-25-50(73(108)109)84-76(118)85-51(74(110)111)26-29-61(95)96/h11-13,17-18,20-23,38,41-43,47,49-53,55-58,64,92H,9-10,14-16,19,24-37,39-40H2,1-8H3,(H,78,103)(H,79,93)(H,80,94)(H,81,102)(H,82,101)(H,86,104)(H,87,100)(H,88,114)(H,95,96)(H,97,98)(H,106,107)(H,108,109)(H,110,111)(H,112,113)(H2,84,85,118)/t42?,43-,47+,49-,50+,51+,52-,53-,55-,56+,57+,58+,64-/m0/s1. The zero-order valence-corrected chi connectivity index (χ0v) is 71.4. The number of carbonyl (C=O) groups is 17. The molecule has 9 amide bonds. The second-order valence-electron chi connectivity index (χ2n) is 29.1. The number of aromatic nitrogens is 1. The number of carboxylic acids is 6. The molecule has 0 radical (unpaired) electrons. The number of ether oxygens (including phenoxy) is 3. The largest absolute Gasteiger partial charge is 0.508 e. The number of benzene rings is 2. The minimum atomic E-state index is -1.93. The SMILES string of the molecule is CCCC(=O)OCN(C(=O)[C@@H](NC(=O)[C@H]1CCCCN1C)C(C)CC)[C@H](C[C@@H](OC(C)=O)c1nc(C(=O)N[C@@H](Cc2ccc(O)cc2)C[C@H](C)C(=O)NNC(=O)OCCSSC[C@H](NC(=O)[C@H](Cc2ccccc2)NC(=O)[C@H](CC(=O)O)NC(=O)CC[C@H](NC(=O)CC[C@@H](NC(=S)N[C@H](CCC(=O)O)C(=O)O)C(=O)O)C(=O)O)C(=O)O)cs1)C(C)C. The van der Waals surface area contributed by atoms with Crippen LogP contribution in [0.25, 0.3) is 0 Å². The van der Waals surface area contributed by atoms with E-state index in [1.165, 1.54) is 36.3 Å². The Labute approximate surface area is 715 Å². The maximum atomic E-state index is 15.0. The summed E-state index contributed by atoms with van der Waals surface area (Å²) in [5, 5.41) is 88.4. The number of thiocarbonyl (C=S) groups is 1. The Morgan fingerprint density at radius 1 is 0.628 bits per heavy atom. The predicted molar refractivity (Wildman–Crippen MR) is 441 cm³/mol. The molecule has 40 nitrogen and oxygen atoms in total. The topological polar surface area (TPSA) is 599 Å². The number of likely N-dealkylation sites (tertiary alicyclic amines) is 1. The second kappa shape index (κ2) is 52.9. The van der Waals surface area contributed by atoms with Gasteiger partial charge in [0.25, 0.3) is 5.91 Å². The van der Waals surface area contributed by atoms with Crippen LogP contribution < -0.4 is 53.4 Å². The molecule has 13 atom stereocenters. The number of phenols is 1. The van der Waals surface area contributed by atoms with Gasteiger partial charge in [-0.15, -0.1) is 11.3 Å². The summed E-state index contributed by atoms with van der Waals surface area (Å²) in [6, 6.07) is 0.784. The molecule has 121 heavy (non-hydrogen) atoms. The summed E-state index contributed by atoms with van der Waals surface area (Å²) in [5.74, 6) is -19.1. The van der Waals surface area contributed by atoms with Crippen LogP contribution in [0.2, 0.25) is 0 Å². The molecule has 3 aromatic rings. The van der Waals surface area contributed by atoms with Gasteiger partial charge in [0.05, 0.1) is 12.5 Å². The van der Waals surface area contributed by atoms with Crippen molar-refractivity contribution in [1.82, 2.24) is 68.2 Å². The number of aliphatic carboxylic acids is 6. The van der Waals surface area contributed by atoms with E-state index in [9.17, 15) is 107 Å². The van der Waals surface area contributed by atoms with Gasteiger partial charge in [0.1, 0.15) is 65.4 Å². The number of hydrogen-bond donors (Lipinski definition) is 17. The van der Waals surface area contributed by atoms with Crippen molar-refractivity contribution in [1.29, 1.82) is 0 Å². The smallest absolute Gasteiger partial charge is 0.426 e. The number of phenolic OH excluding ortho intramolecular Hbond substituents is 1. The van der Waals surface area contributed by atoms with E-state index in [-0.39, 0.29) is 84.4 Å². The van der Waals surface area contributed by atoms with E-state index in [0.29, 0.717) is 36.9 Å². The van der Waals surface area contributed by atoms with Gasteiger partial charge < -0.3 is 97.4 Å². The number of aromatic hydroxyl groups is 1. The van der Waals surface area contributed by atoms with Gasteiger partial charge in [-0.25, -0.2) is 34.4 Å². The fourth-order valence-electron chi connectivity index (χ4n) is 12.3. The molecule has 44 heteroatoms. The number of esters is 2. The number of hydrogen-bond acceptors (Lipinski definition) is 27. The van der Waals surface area contributed by atoms with Crippen LogP contribution in [-0.2, 0) is 99.0 Å². The Bertz CT molecular complexity index is 4050. The molecule has 0 aliphatic carbocycles. The van der Waals surface area contributed by atoms with E-state index in [1.54, 1.807) is 49.4 Å². The summed E-state index contributed by atoms with van der Waals surface area (Å²) < 4.78 is 16.8. The van der Waals surface area contributed by atoms with Crippen LogP contribution in [0, 0.1) is 17.8 Å². The normalized spacial score (nSPS) is 15.5. The molecule has 668 valence electrons. The zero-order valence-electron chi connectivity index (χ0n) is 68.2. The number of thiazole rings is 1. The summed E-state index contributed by atoms with van der Waals surface area (Å²) in [5.41, 5.74) is 5.41. The van der Waals surface area contributed by atoms with Crippen molar-refractivity contribution in [3.05, 3.63) is 81.8 Å². The average Bonchev–Trinajstić information content (AvgIpc) is 1.78. The van der Waals surface area contributed by atoms with Gasteiger partial charge in [-0.3, -0.25) is 67.9 Å². The molecule has 0 spiro atoms. The first-order valence-corrected chi connectivity index (χ1v) is 42.8. The monoisotopic (exact) mass is 1780 g/mol. The molecular weight excluding hydrogens is 1670 g/mol. The molecule has 1 aliphatic heterocycles. The highest BCUT2D eigenvalue weighted by atomic mass is 33.1. The van der Waals surface area contributed by atoms with Gasteiger partial charge in [0.15, 0.2) is 17.9 Å². The number of carboxylic acid groups (broad SMARTS) is 6. The van der Waals surface area contributed by atoms with Crippen LogP contribution in [-0.4, -0.2) is 256 Å². The molecule has 0 saturated carbocycles. The minimum absolute atomic E-state index is 0.0275. The minimum Gasteiger partial charge on any atom is -0.508 e. The molecule has 17 N–H and O–H groups in total. The fraction of sp³-hybridized carbons (Fsp3) is 0.571. The molecule has 1 unspecified atom stereocenters. The van der Waals surface area contributed by atoms with Crippen LogP contribution in [0.3, 0.4) is 0 Å². The van der Waals surface area contributed by atoms with E-state index in [4.69, 9.17) is 31.5 Å². The Morgan fingerprint density at radius 2 is 1.21 bits per heavy atom. The van der Waals surface area contributed by atoms with Crippen molar-refractivity contribution >= 4 is 151 Å². The highest BCUT2D eigenvalue weighted by Crippen LogP contribution is 2.33. The number of amides is 9. The van der Waals surface area contributed by atoms with Gasteiger partial charge in [0, 0.05) is 80.3 Å². The highest BCUT2D eigenvalue weighted by Gasteiger charge is 2.41. The maximum Gasteiger partial charge on any atom is 0.426 e. The second-order valence-corrected chi connectivity index (χ2v) is 33.0. The van der Waals surface area contributed by atoms with E-state index < -0.39 is 224 Å². The van der Waals surface area contributed by atoms with E-state index in [0.717, 1.165) is 45.8 Å². The lowest BCUT2D eigenvalue weighted by Crippen LogP contribution is -2.59. The fourth-order valence-corrected chi connectivity index (χ4v) is 15.4. The number of likely N-dealkylation sites (N-methyl/N-ethyl adjacent to an activating group) is 1. The van der Waals surface area contributed by atoms with Crippen molar-refractivity contribution in [3.63, 3.8) is 0 Å². The quantitative estimate of drug-likeness (QED) is 0.00734. The lowest BCUT2D eigenvalue weighted by Gasteiger charge is -2.39. The maximum absolute atomic E-state index is 15.0. The van der Waals surface area contributed by atoms with Crippen LogP contribution in [0.5, 0.6) is 5.75 Å². The van der Waals surface area contributed by atoms with Crippen molar-refractivity contribution in [3.8, 4) is 5.75 Å². The van der Waals surface area contributed by atoms with Gasteiger partial charge in [0.2, 0.25) is 41.4 Å². The molecule has 1 saturated heterocycles. The number of nitrogens with one attached hydrogen (secondary N) is 10. The summed E-state index contributed by atoms with van der Waals surface area (Å²) in [4.78, 5) is 229. The summed E-state index contributed by atoms with van der Waals surface area (Å²) >= 11 is 5.97. The van der Waals surface area contributed by atoms with E-state index in [2.05, 4.69) is 58.4 Å². The molecule has 2 aromatic carbocycles. The van der Waals surface area contributed by atoms with Crippen LogP contribution in [0.15, 0.2) is 60.0 Å². The van der Waals surface area contributed by atoms with Gasteiger partial charge in [-0.05, 0) is 112 Å². The summed E-state index contributed by atoms with van der Waals surface area (Å²) in [6.45, 7) is 11.9. The third-order valence-electron chi connectivity index (χ3n) is 19.1. The number of piperidine rings is 1. The number of hydrazine groups is 1. The van der Waals surface area contributed by atoms with E-state index in [1.807, 2.05) is 39.6 Å². The first-order valence-electron chi connectivity index (χ1n) is 39.0. The van der Waals surface area contributed by atoms with Crippen molar-refractivity contribution < 1.29 is 131 Å². The summed E-state index contributed by atoms with van der Waals surface area (Å²) in [6.07, 6.45) is -3.86. The lowest BCUT2D eigenvalue weighted by molar-refractivity contribution is -0.161. The number of carbonyl (C=O) groups excluding carboxylic acids is 11. The molecular formula is C77H109N13O27S4. The third kappa shape index (κ3) is 37.7. The predicted octanol–water partition coefficient (Wildman–Crippen LogP) is 3.14. The average molecular weight is 1780 g/mol. The number of nitrogens with zero attached hydrogens (tertiary/aromatic N) is 3. The molecule has 1 aromatic heterocycles. The Kier molecular flexibility index (Phi) is 44.8.